The number of nitrogens with zero attached hydrogens (tertiary/aromatic N) is 2. The van der Waals surface area contributed by atoms with Crippen molar-refractivity contribution in [1.29, 1.82) is 0 Å². The average Bonchev–Trinajstić information content (AvgIpc) is 2.59. The van der Waals surface area contributed by atoms with Crippen LogP contribution in [-0.2, 0) is 0 Å². The maximum absolute atomic E-state index is 5.88. The summed E-state index contributed by atoms with van der Waals surface area (Å²) in [6.07, 6.45) is 3.77. The Balaban J connectivity index is 2.58. The van der Waals surface area contributed by atoms with E-state index in [1.165, 1.54) is 0 Å². The molecule has 0 fully saturated rings. The van der Waals surface area contributed by atoms with Gasteiger partial charge in [-0.2, -0.15) is 0 Å². The molecule has 0 saturated heterocycles. The van der Waals surface area contributed by atoms with E-state index in [1.807, 2.05) is 36.0 Å². The molecule has 0 aliphatic rings. The van der Waals surface area contributed by atoms with Crippen molar-refractivity contribution in [2.24, 2.45) is 0 Å². The Morgan fingerprint density at radius 3 is 3.07 bits per heavy atom. The Kier molecular flexibility index (Phi) is 2.44. The third-order valence-electron chi connectivity index (χ3n) is 2.34. The molecule has 0 amide bonds. The number of hydrogen-bond acceptors (Lipinski definition) is 2. The van der Waals surface area contributed by atoms with Crippen LogP contribution in [0.5, 0.6) is 0 Å². The molecule has 1 unspecified atom stereocenters. The predicted molar refractivity (Wildman–Crippen MR) is 57.7 cm³/mol. The molecule has 4 heteroatoms. The molecule has 0 spiro atoms. The Morgan fingerprint density at radius 2 is 2.36 bits per heavy atom. The van der Waals surface area contributed by atoms with Crippen molar-refractivity contribution in [1.82, 2.24) is 14.7 Å². The maximum Gasteiger partial charge on any atom is 0.130 e. The molecule has 0 aliphatic heterocycles. The smallest absolute Gasteiger partial charge is 0.130 e. The van der Waals surface area contributed by atoms with Crippen LogP contribution < -0.4 is 5.32 Å². The lowest BCUT2D eigenvalue weighted by Crippen LogP contribution is -2.15. The normalized spacial score (nSPS) is 13.4. The molecule has 1 atom stereocenters. The molecular weight excluding hydrogens is 198 g/mol. The van der Waals surface area contributed by atoms with Crippen LogP contribution in [0.15, 0.2) is 24.5 Å². The third-order valence-corrected chi connectivity index (χ3v) is 2.58. The highest BCUT2D eigenvalue weighted by atomic mass is 35.5. The van der Waals surface area contributed by atoms with Crippen LogP contribution >= 0.6 is 11.6 Å². The summed E-state index contributed by atoms with van der Waals surface area (Å²) in [5.74, 6) is 0.999. The van der Waals surface area contributed by atoms with Crippen LogP contribution in [0.2, 0.25) is 5.02 Å². The van der Waals surface area contributed by atoms with Gasteiger partial charge in [-0.3, -0.25) is 0 Å². The van der Waals surface area contributed by atoms with Crippen LogP contribution in [0.3, 0.4) is 0 Å². The highest BCUT2D eigenvalue weighted by Crippen LogP contribution is 2.17. The molecule has 14 heavy (non-hydrogen) atoms. The van der Waals surface area contributed by atoms with E-state index in [-0.39, 0.29) is 6.04 Å². The lowest BCUT2D eigenvalue weighted by molar-refractivity contribution is 0.608. The van der Waals surface area contributed by atoms with Crippen molar-refractivity contribution in [2.75, 3.05) is 7.05 Å². The van der Waals surface area contributed by atoms with Gasteiger partial charge < -0.3 is 9.72 Å². The van der Waals surface area contributed by atoms with Crippen molar-refractivity contribution >= 4 is 17.1 Å². The first kappa shape index (κ1) is 9.49. The number of hydrogen-bond donors (Lipinski definition) is 1. The second-order valence-corrected chi connectivity index (χ2v) is 3.70. The lowest BCUT2D eigenvalue weighted by Gasteiger charge is -2.08. The highest BCUT2D eigenvalue weighted by Gasteiger charge is 2.09. The first-order valence-electron chi connectivity index (χ1n) is 4.52. The number of aromatic nitrogens is 2. The molecule has 2 aromatic rings. The van der Waals surface area contributed by atoms with E-state index in [2.05, 4.69) is 17.2 Å². The van der Waals surface area contributed by atoms with E-state index < -0.39 is 0 Å². The van der Waals surface area contributed by atoms with Gasteiger partial charge in [-0.25, -0.2) is 4.98 Å². The molecular formula is C10H12ClN3. The average molecular weight is 210 g/mol. The first-order chi connectivity index (χ1) is 6.72. The zero-order chi connectivity index (χ0) is 10.1. The van der Waals surface area contributed by atoms with Crippen LogP contribution in [0.1, 0.15) is 18.8 Å². The Hall–Kier alpha value is -1.06. The van der Waals surface area contributed by atoms with E-state index in [0.29, 0.717) is 0 Å². The van der Waals surface area contributed by atoms with Crippen molar-refractivity contribution < 1.29 is 0 Å². The zero-order valence-electron chi connectivity index (χ0n) is 8.16. The molecule has 2 heterocycles. The molecule has 74 valence electrons. The molecule has 0 aromatic carbocycles. The summed E-state index contributed by atoms with van der Waals surface area (Å²) in [5, 5.41) is 3.89. The van der Waals surface area contributed by atoms with Gasteiger partial charge >= 0.3 is 0 Å². The van der Waals surface area contributed by atoms with Gasteiger partial charge in [0.2, 0.25) is 0 Å². The molecule has 3 nitrogen and oxygen atoms in total. The molecule has 0 bridgehead atoms. The second kappa shape index (κ2) is 3.59. The number of nitrogens with one attached hydrogen (secondary N) is 1. The van der Waals surface area contributed by atoms with Crippen LogP contribution in [0.4, 0.5) is 0 Å². The van der Waals surface area contributed by atoms with Crippen molar-refractivity contribution in [3.63, 3.8) is 0 Å². The quantitative estimate of drug-likeness (QED) is 0.822. The molecule has 0 radical (unpaired) electrons. The first-order valence-corrected chi connectivity index (χ1v) is 4.90. The van der Waals surface area contributed by atoms with E-state index in [4.69, 9.17) is 11.6 Å². The van der Waals surface area contributed by atoms with E-state index in [1.54, 1.807) is 0 Å². The van der Waals surface area contributed by atoms with Gasteiger partial charge in [-0.15, -0.1) is 0 Å². The number of halogens is 1. The minimum absolute atomic E-state index is 0.235. The molecule has 0 saturated carbocycles. The summed E-state index contributed by atoms with van der Waals surface area (Å²) in [5.41, 5.74) is 1.02. The van der Waals surface area contributed by atoms with Crippen molar-refractivity contribution in [3.8, 4) is 0 Å². The number of fused-ring (bicyclic) bond motifs is 1. The minimum atomic E-state index is 0.235. The predicted octanol–water partition coefficient (Wildman–Crippen LogP) is 2.27. The van der Waals surface area contributed by atoms with Crippen LogP contribution in [0.25, 0.3) is 5.52 Å². The van der Waals surface area contributed by atoms with Gasteiger partial charge in [0.1, 0.15) is 5.82 Å². The monoisotopic (exact) mass is 209 g/mol. The number of imidazole rings is 1. The summed E-state index contributed by atoms with van der Waals surface area (Å²) < 4.78 is 2.03. The fourth-order valence-corrected chi connectivity index (χ4v) is 1.61. The second-order valence-electron chi connectivity index (χ2n) is 3.27. The van der Waals surface area contributed by atoms with Gasteiger partial charge in [0, 0.05) is 11.2 Å². The molecule has 0 aliphatic carbocycles. The molecule has 2 rings (SSSR count). The number of pyridine rings is 1. The standard InChI is InChI=1S/C10H12ClN3/c1-7(12-2)10-13-6-9-5-8(11)3-4-14(9)10/h3-7,12H,1-2H3. The van der Waals surface area contributed by atoms with Gasteiger partial charge in [-0.05, 0) is 26.1 Å². The summed E-state index contributed by atoms with van der Waals surface area (Å²) in [4.78, 5) is 4.35. The SMILES string of the molecule is CNC(C)c1ncc2cc(Cl)ccn12. The zero-order valence-corrected chi connectivity index (χ0v) is 8.92. The third kappa shape index (κ3) is 1.49. The Labute approximate surface area is 87.7 Å². The van der Waals surface area contributed by atoms with E-state index in [0.717, 1.165) is 16.4 Å². The molecule has 1 N–H and O–H groups in total. The Bertz CT molecular complexity index is 450. The fourth-order valence-electron chi connectivity index (χ4n) is 1.44. The van der Waals surface area contributed by atoms with E-state index in [9.17, 15) is 0 Å². The molecule has 2 aromatic heterocycles. The number of rotatable bonds is 2. The maximum atomic E-state index is 5.88. The van der Waals surface area contributed by atoms with Gasteiger partial charge in [0.15, 0.2) is 0 Å². The minimum Gasteiger partial charge on any atom is -0.311 e. The largest absolute Gasteiger partial charge is 0.311 e. The fraction of sp³-hybridized carbons (Fsp3) is 0.300. The van der Waals surface area contributed by atoms with Gasteiger partial charge in [0.05, 0.1) is 17.8 Å². The topological polar surface area (TPSA) is 29.3 Å². The van der Waals surface area contributed by atoms with Crippen LogP contribution in [-0.4, -0.2) is 16.4 Å². The van der Waals surface area contributed by atoms with Gasteiger partial charge in [-0.1, -0.05) is 11.6 Å². The lowest BCUT2D eigenvalue weighted by atomic mass is 10.3. The summed E-state index contributed by atoms with van der Waals surface area (Å²) >= 11 is 5.88. The van der Waals surface area contributed by atoms with Crippen LogP contribution in [0, 0.1) is 0 Å². The summed E-state index contributed by atoms with van der Waals surface area (Å²) in [7, 11) is 1.92. The Morgan fingerprint density at radius 1 is 1.57 bits per heavy atom. The summed E-state index contributed by atoms with van der Waals surface area (Å²) in [6, 6.07) is 4.00. The van der Waals surface area contributed by atoms with Crippen molar-refractivity contribution in [2.45, 2.75) is 13.0 Å². The van der Waals surface area contributed by atoms with Gasteiger partial charge in [0.25, 0.3) is 0 Å². The van der Waals surface area contributed by atoms with E-state index >= 15 is 0 Å². The summed E-state index contributed by atoms with van der Waals surface area (Å²) in [6.45, 7) is 2.07. The van der Waals surface area contributed by atoms with Crippen molar-refractivity contribution in [3.05, 3.63) is 35.4 Å². The highest BCUT2D eigenvalue weighted by molar-refractivity contribution is 6.30.